The molecule has 0 saturated carbocycles. The van der Waals surface area contributed by atoms with E-state index >= 15 is 0 Å². The number of halogens is 1. The number of hydrogen-bond acceptors (Lipinski definition) is 2. The lowest BCUT2D eigenvalue weighted by Gasteiger charge is -2.17. The second kappa shape index (κ2) is 8.13. The molecule has 2 aromatic rings. The Balaban J connectivity index is 1.97. The van der Waals surface area contributed by atoms with E-state index in [1.165, 1.54) is 11.1 Å². The van der Waals surface area contributed by atoms with Gasteiger partial charge in [-0.25, -0.2) is 0 Å². The van der Waals surface area contributed by atoms with Crippen molar-refractivity contribution in [3.05, 3.63) is 59.0 Å². The maximum atomic E-state index is 6.07. The molecule has 1 atom stereocenters. The molecule has 0 spiro atoms. The molecule has 108 valence electrons. The largest absolute Gasteiger partial charge is 0.472 e. The maximum Gasteiger partial charge on any atom is 0.0934 e. The average Bonchev–Trinajstić information content (AvgIpc) is 2.92. The van der Waals surface area contributed by atoms with Crippen molar-refractivity contribution < 1.29 is 4.42 Å². The Bertz CT molecular complexity index is 495. The average molecular weight is 292 g/mol. The van der Waals surface area contributed by atoms with Gasteiger partial charge in [0.05, 0.1) is 12.5 Å². The van der Waals surface area contributed by atoms with Gasteiger partial charge in [0.25, 0.3) is 0 Å². The van der Waals surface area contributed by atoms with Crippen molar-refractivity contribution in [1.29, 1.82) is 0 Å². The predicted molar refractivity (Wildman–Crippen MR) is 84.2 cm³/mol. The fraction of sp³-hybridized carbons (Fsp3) is 0.412. The minimum Gasteiger partial charge on any atom is -0.472 e. The Morgan fingerprint density at radius 2 is 2.05 bits per heavy atom. The molecular formula is C17H22ClNO. The molecule has 1 aromatic heterocycles. The third-order valence-electron chi connectivity index (χ3n) is 3.38. The Labute approximate surface area is 126 Å². The van der Waals surface area contributed by atoms with Crippen LogP contribution >= 0.6 is 11.6 Å². The number of nitrogens with one attached hydrogen (secondary N) is 1. The van der Waals surface area contributed by atoms with Crippen molar-refractivity contribution in [2.75, 3.05) is 13.1 Å². The van der Waals surface area contributed by atoms with Crippen LogP contribution in [0.1, 0.15) is 24.5 Å². The molecule has 0 saturated heterocycles. The van der Waals surface area contributed by atoms with E-state index in [0.717, 1.165) is 37.4 Å². The summed E-state index contributed by atoms with van der Waals surface area (Å²) < 4.78 is 5.17. The molecule has 1 N–H and O–H groups in total. The van der Waals surface area contributed by atoms with Crippen LogP contribution in [-0.2, 0) is 12.8 Å². The normalized spacial score (nSPS) is 12.5. The van der Waals surface area contributed by atoms with Crippen LogP contribution in [-0.4, -0.2) is 13.1 Å². The first kappa shape index (κ1) is 15.1. The Kier molecular flexibility index (Phi) is 6.16. The van der Waals surface area contributed by atoms with Crippen LogP contribution in [0.4, 0.5) is 0 Å². The highest BCUT2D eigenvalue weighted by Gasteiger charge is 2.11. The monoisotopic (exact) mass is 291 g/mol. The van der Waals surface area contributed by atoms with Crippen LogP contribution in [0.25, 0.3) is 0 Å². The van der Waals surface area contributed by atoms with Gasteiger partial charge in [0, 0.05) is 5.02 Å². The SMILES string of the molecule is CCCNCC(Cc1ccoc1)Cc1cccc(Cl)c1. The van der Waals surface area contributed by atoms with Gasteiger partial charge >= 0.3 is 0 Å². The number of benzene rings is 1. The summed E-state index contributed by atoms with van der Waals surface area (Å²) in [6, 6.07) is 10.2. The van der Waals surface area contributed by atoms with E-state index in [-0.39, 0.29) is 0 Å². The smallest absolute Gasteiger partial charge is 0.0934 e. The molecule has 1 aromatic carbocycles. The van der Waals surface area contributed by atoms with Gasteiger partial charge < -0.3 is 9.73 Å². The summed E-state index contributed by atoms with van der Waals surface area (Å²) in [7, 11) is 0. The fourth-order valence-electron chi connectivity index (χ4n) is 2.44. The third-order valence-corrected chi connectivity index (χ3v) is 3.61. The van der Waals surface area contributed by atoms with Crippen molar-refractivity contribution in [1.82, 2.24) is 5.32 Å². The molecule has 0 radical (unpaired) electrons. The lowest BCUT2D eigenvalue weighted by atomic mass is 9.93. The first-order chi connectivity index (χ1) is 9.78. The zero-order chi connectivity index (χ0) is 14.2. The summed E-state index contributed by atoms with van der Waals surface area (Å²) >= 11 is 6.07. The van der Waals surface area contributed by atoms with Crippen LogP contribution in [0.5, 0.6) is 0 Å². The molecule has 0 aliphatic heterocycles. The molecule has 1 heterocycles. The van der Waals surface area contributed by atoms with Crippen molar-refractivity contribution in [3.8, 4) is 0 Å². The first-order valence-corrected chi connectivity index (χ1v) is 7.62. The van der Waals surface area contributed by atoms with Crippen molar-refractivity contribution in [3.63, 3.8) is 0 Å². The van der Waals surface area contributed by atoms with Crippen LogP contribution in [0.2, 0.25) is 5.02 Å². The predicted octanol–water partition coefficient (Wildman–Crippen LogP) is 4.33. The standard InChI is InChI=1S/C17H22ClNO/c1-2-7-19-12-16(10-15-6-8-20-13-15)9-14-4-3-5-17(18)11-14/h3-6,8,11,13,16,19H,2,7,9-10,12H2,1H3. The Morgan fingerprint density at radius 3 is 2.75 bits per heavy atom. The molecule has 2 rings (SSSR count). The molecule has 20 heavy (non-hydrogen) atoms. The number of furan rings is 1. The Hall–Kier alpha value is -1.25. The van der Waals surface area contributed by atoms with E-state index in [0.29, 0.717) is 5.92 Å². The lowest BCUT2D eigenvalue weighted by Crippen LogP contribution is -2.26. The van der Waals surface area contributed by atoms with Gasteiger partial charge in [-0.3, -0.25) is 0 Å². The molecule has 1 unspecified atom stereocenters. The van der Waals surface area contributed by atoms with Crippen LogP contribution < -0.4 is 5.32 Å². The lowest BCUT2D eigenvalue weighted by molar-refractivity contribution is 0.467. The highest BCUT2D eigenvalue weighted by Crippen LogP contribution is 2.17. The van der Waals surface area contributed by atoms with Crippen LogP contribution in [0.15, 0.2) is 47.3 Å². The molecule has 3 heteroatoms. The third kappa shape index (κ3) is 5.03. The molecule has 0 aliphatic rings. The number of rotatable bonds is 8. The minimum atomic E-state index is 0.553. The topological polar surface area (TPSA) is 25.2 Å². The van der Waals surface area contributed by atoms with E-state index in [1.54, 1.807) is 6.26 Å². The molecule has 0 fully saturated rings. The van der Waals surface area contributed by atoms with E-state index in [9.17, 15) is 0 Å². The quantitative estimate of drug-likeness (QED) is 0.732. The summed E-state index contributed by atoms with van der Waals surface area (Å²) in [5.41, 5.74) is 2.56. The zero-order valence-electron chi connectivity index (χ0n) is 11.9. The van der Waals surface area contributed by atoms with Gasteiger partial charge in [-0.15, -0.1) is 0 Å². The van der Waals surface area contributed by atoms with Crippen molar-refractivity contribution in [2.45, 2.75) is 26.2 Å². The van der Waals surface area contributed by atoms with E-state index in [1.807, 2.05) is 24.5 Å². The summed E-state index contributed by atoms with van der Waals surface area (Å²) in [4.78, 5) is 0. The van der Waals surface area contributed by atoms with Gasteiger partial charge in [0.15, 0.2) is 0 Å². The summed E-state index contributed by atoms with van der Waals surface area (Å²) in [6.07, 6.45) is 6.80. The molecule has 0 bridgehead atoms. The second-order valence-electron chi connectivity index (χ2n) is 5.24. The van der Waals surface area contributed by atoms with E-state index < -0.39 is 0 Å². The van der Waals surface area contributed by atoms with Crippen molar-refractivity contribution in [2.24, 2.45) is 5.92 Å². The van der Waals surface area contributed by atoms with Gasteiger partial charge in [0.2, 0.25) is 0 Å². The van der Waals surface area contributed by atoms with Crippen LogP contribution in [0, 0.1) is 5.92 Å². The van der Waals surface area contributed by atoms with Gasteiger partial charge in [-0.05, 0) is 67.6 Å². The van der Waals surface area contributed by atoms with E-state index in [4.69, 9.17) is 16.0 Å². The Morgan fingerprint density at radius 1 is 1.20 bits per heavy atom. The maximum absolute atomic E-state index is 6.07. The molecule has 0 aliphatic carbocycles. The second-order valence-corrected chi connectivity index (χ2v) is 5.68. The van der Waals surface area contributed by atoms with E-state index in [2.05, 4.69) is 24.4 Å². The summed E-state index contributed by atoms with van der Waals surface area (Å²) in [5.74, 6) is 0.553. The fourth-order valence-corrected chi connectivity index (χ4v) is 2.65. The van der Waals surface area contributed by atoms with Gasteiger partial charge in [-0.1, -0.05) is 30.7 Å². The van der Waals surface area contributed by atoms with Crippen molar-refractivity contribution >= 4 is 11.6 Å². The molecule has 2 nitrogen and oxygen atoms in total. The first-order valence-electron chi connectivity index (χ1n) is 7.24. The van der Waals surface area contributed by atoms with Gasteiger partial charge in [-0.2, -0.15) is 0 Å². The summed E-state index contributed by atoms with van der Waals surface area (Å²) in [5, 5.41) is 4.33. The van der Waals surface area contributed by atoms with Gasteiger partial charge in [0.1, 0.15) is 0 Å². The summed E-state index contributed by atoms with van der Waals surface area (Å²) in [6.45, 7) is 4.28. The minimum absolute atomic E-state index is 0.553. The number of hydrogen-bond donors (Lipinski definition) is 1. The molecule has 0 amide bonds. The molecular weight excluding hydrogens is 270 g/mol. The van der Waals surface area contributed by atoms with Crippen LogP contribution in [0.3, 0.4) is 0 Å². The highest BCUT2D eigenvalue weighted by atomic mass is 35.5. The zero-order valence-corrected chi connectivity index (χ0v) is 12.7. The highest BCUT2D eigenvalue weighted by molar-refractivity contribution is 6.30.